The largest absolute Gasteiger partial charge is 0.737 e. The monoisotopic (exact) mass is 326 g/mol. The lowest BCUT2D eigenvalue weighted by atomic mass is 9.86. The van der Waals surface area contributed by atoms with E-state index in [9.17, 15) is 8.63 Å². The fourth-order valence-electron chi connectivity index (χ4n) is 3.51. The summed E-state index contributed by atoms with van der Waals surface area (Å²) in [6.45, 7) is -2.87. The molecule has 5 rings (SSSR count). The second kappa shape index (κ2) is 4.60. The number of nitrogens with zero attached hydrogens (tertiary/aromatic N) is 2. The van der Waals surface area contributed by atoms with Gasteiger partial charge in [0.1, 0.15) is 19.4 Å². The summed E-state index contributed by atoms with van der Waals surface area (Å²) < 4.78 is 42.8. The molecule has 0 saturated carbocycles. The van der Waals surface area contributed by atoms with Crippen LogP contribution in [-0.4, -0.2) is 35.4 Å². The van der Waals surface area contributed by atoms with Crippen LogP contribution in [0.5, 0.6) is 11.5 Å². The van der Waals surface area contributed by atoms with Crippen LogP contribution in [0.15, 0.2) is 54.4 Å². The molecule has 3 aliphatic heterocycles. The minimum atomic E-state index is -3.87. The molecule has 4 heterocycles. The Morgan fingerprint density at radius 3 is 2.79 bits per heavy atom. The van der Waals surface area contributed by atoms with Crippen LogP contribution in [-0.2, 0) is 0 Å². The van der Waals surface area contributed by atoms with Crippen LogP contribution in [0.25, 0.3) is 5.57 Å². The molecule has 0 spiro atoms. The Bertz CT molecular complexity index is 959. The number of aromatic nitrogens is 1. The number of fused-ring (bicyclic) bond motifs is 3. The van der Waals surface area contributed by atoms with E-state index in [1.54, 1.807) is 24.3 Å². The highest BCUT2D eigenvalue weighted by atomic mass is 19.2. The molecule has 0 saturated heterocycles. The molecule has 0 bridgehead atoms. The molecule has 0 amide bonds. The maximum absolute atomic E-state index is 14.7. The number of hydrogen-bond donors (Lipinski definition) is 0. The van der Waals surface area contributed by atoms with Crippen molar-refractivity contribution in [2.45, 2.75) is 0 Å². The molecule has 24 heavy (non-hydrogen) atoms. The maximum atomic E-state index is 14.7. The minimum absolute atomic E-state index is 0.486. The van der Waals surface area contributed by atoms with Crippen LogP contribution in [0.4, 0.5) is 8.63 Å². The smallest absolute Gasteiger partial charge is 0.486 e. The van der Waals surface area contributed by atoms with Gasteiger partial charge in [0.05, 0.1) is 5.57 Å². The highest BCUT2D eigenvalue weighted by Gasteiger charge is 2.51. The first kappa shape index (κ1) is 13.6. The lowest BCUT2D eigenvalue weighted by molar-refractivity contribution is -0.356. The normalized spacial score (nSPS) is 19.8. The van der Waals surface area contributed by atoms with Crippen LogP contribution in [0, 0.1) is 0 Å². The van der Waals surface area contributed by atoms with Gasteiger partial charge in [0, 0.05) is 17.8 Å². The summed E-state index contributed by atoms with van der Waals surface area (Å²) in [4.78, 5) is 0. The van der Waals surface area contributed by atoms with Gasteiger partial charge in [-0.05, 0) is 36.0 Å². The average Bonchev–Trinajstić information content (AvgIpc) is 3.25. The SMILES string of the molecule is F[B-]1(F)n2cccc2C(c2ccc3c(c2)OCCO3)=C2C=CC=[N+]21. The van der Waals surface area contributed by atoms with Gasteiger partial charge < -0.3 is 27.1 Å². The van der Waals surface area contributed by atoms with Crippen molar-refractivity contribution in [2.24, 2.45) is 0 Å². The zero-order chi connectivity index (χ0) is 16.3. The summed E-state index contributed by atoms with van der Waals surface area (Å²) in [6, 6.07) is 8.94. The van der Waals surface area contributed by atoms with E-state index in [-0.39, 0.29) is 0 Å². The van der Waals surface area contributed by atoms with E-state index in [1.807, 2.05) is 18.2 Å². The third kappa shape index (κ3) is 1.69. The standard InChI is InChI=1S/C17H13BF2N2O2/c19-18(20)21-7-1-3-13(21)17(14-4-2-8-22(14)18)12-5-6-15-16(11-12)24-10-9-23-15/h1-8,11H,9-10H2. The van der Waals surface area contributed by atoms with Crippen molar-refractivity contribution in [2.75, 3.05) is 13.2 Å². The Morgan fingerprint density at radius 1 is 1.08 bits per heavy atom. The topological polar surface area (TPSA) is 26.4 Å². The Balaban J connectivity index is 1.76. The first-order valence-corrected chi connectivity index (χ1v) is 7.80. The van der Waals surface area contributed by atoms with E-state index in [0.717, 1.165) is 20.1 Å². The number of benzene rings is 1. The summed E-state index contributed by atoms with van der Waals surface area (Å²) in [5, 5.41) is 0. The van der Waals surface area contributed by atoms with E-state index in [1.165, 1.54) is 12.4 Å². The summed E-state index contributed by atoms with van der Waals surface area (Å²) in [5.74, 6) is 1.33. The van der Waals surface area contributed by atoms with Crippen molar-refractivity contribution in [3.05, 3.63) is 65.6 Å². The van der Waals surface area contributed by atoms with Gasteiger partial charge in [-0.15, -0.1) is 0 Å². The molecular formula is C17H13BF2N2O2. The number of rotatable bonds is 1. The zero-order valence-electron chi connectivity index (χ0n) is 12.7. The molecule has 4 nitrogen and oxygen atoms in total. The van der Waals surface area contributed by atoms with Gasteiger partial charge in [-0.2, -0.15) is 0 Å². The van der Waals surface area contributed by atoms with E-state index in [2.05, 4.69) is 0 Å². The Morgan fingerprint density at radius 2 is 1.92 bits per heavy atom. The second-order valence-corrected chi connectivity index (χ2v) is 5.92. The van der Waals surface area contributed by atoms with Gasteiger partial charge in [-0.3, -0.25) is 0 Å². The number of hydrogen-bond acceptors (Lipinski definition) is 2. The fourth-order valence-corrected chi connectivity index (χ4v) is 3.51. The van der Waals surface area contributed by atoms with Crippen molar-refractivity contribution < 1.29 is 22.6 Å². The molecule has 2 aromatic rings. The second-order valence-electron chi connectivity index (χ2n) is 5.92. The van der Waals surface area contributed by atoms with Gasteiger partial charge >= 0.3 is 6.97 Å². The number of allylic oxidation sites excluding steroid dienone is 2. The molecule has 1 aromatic carbocycles. The van der Waals surface area contributed by atoms with E-state index in [0.29, 0.717) is 36.1 Å². The van der Waals surface area contributed by atoms with Crippen LogP contribution in [0.3, 0.4) is 0 Å². The Labute approximate surface area is 137 Å². The van der Waals surface area contributed by atoms with Crippen LogP contribution in [0.2, 0.25) is 0 Å². The first-order chi connectivity index (χ1) is 11.7. The molecule has 1 aromatic heterocycles. The van der Waals surface area contributed by atoms with E-state index in [4.69, 9.17) is 9.47 Å². The Hall–Kier alpha value is -2.83. The highest BCUT2D eigenvalue weighted by Crippen LogP contribution is 2.41. The summed E-state index contributed by atoms with van der Waals surface area (Å²) in [5.41, 5.74) is 2.59. The number of halogens is 2. The van der Waals surface area contributed by atoms with Crippen molar-refractivity contribution in [1.82, 2.24) is 4.48 Å². The molecule has 0 N–H and O–H groups in total. The quantitative estimate of drug-likeness (QED) is 0.754. The maximum Gasteiger partial charge on any atom is 0.737 e. The zero-order valence-corrected chi connectivity index (χ0v) is 12.7. The van der Waals surface area contributed by atoms with Gasteiger partial charge in [0.15, 0.2) is 17.2 Å². The summed E-state index contributed by atoms with van der Waals surface area (Å²) in [7, 11) is 0. The third-order valence-electron chi connectivity index (χ3n) is 4.57. The highest BCUT2D eigenvalue weighted by molar-refractivity contribution is 6.57. The molecule has 0 fully saturated rings. The van der Waals surface area contributed by atoms with Gasteiger partial charge in [-0.1, -0.05) is 6.07 Å². The molecule has 0 radical (unpaired) electrons. The molecule has 0 aliphatic carbocycles. The molecule has 120 valence electrons. The molecule has 7 heteroatoms. The predicted molar refractivity (Wildman–Crippen MR) is 86.7 cm³/mol. The van der Waals surface area contributed by atoms with Crippen LogP contribution < -0.4 is 9.47 Å². The third-order valence-corrected chi connectivity index (χ3v) is 4.57. The van der Waals surface area contributed by atoms with E-state index < -0.39 is 6.97 Å². The molecule has 3 aliphatic rings. The average molecular weight is 326 g/mol. The van der Waals surface area contributed by atoms with Gasteiger partial charge in [-0.25, -0.2) is 0 Å². The lowest BCUT2D eigenvalue weighted by Crippen LogP contribution is -2.49. The van der Waals surface area contributed by atoms with Crippen molar-refractivity contribution in [3.63, 3.8) is 0 Å². The molecular weight excluding hydrogens is 313 g/mol. The summed E-state index contributed by atoms with van der Waals surface area (Å²) >= 11 is 0. The van der Waals surface area contributed by atoms with Gasteiger partial charge in [0.2, 0.25) is 0 Å². The first-order valence-electron chi connectivity index (χ1n) is 7.80. The van der Waals surface area contributed by atoms with Crippen molar-refractivity contribution in [1.29, 1.82) is 0 Å². The number of ether oxygens (including phenoxy) is 2. The lowest BCUT2D eigenvalue weighted by Gasteiger charge is -2.31. The molecule has 0 atom stereocenters. The van der Waals surface area contributed by atoms with Crippen molar-refractivity contribution >= 4 is 18.8 Å². The minimum Gasteiger partial charge on any atom is -0.486 e. The van der Waals surface area contributed by atoms with Crippen molar-refractivity contribution in [3.8, 4) is 11.5 Å². The van der Waals surface area contributed by atoms with E-state index >= 15 is 0 Å². The van der Waals surface area contributed by atoms with Crippen LogP contribution in [0.1, 0.15) is 11.3 Å². The predicted octanol–water partition coefficient (Wildman–Crippen LogP) is 2.91. The van der Waals surface area contributed by atoms with Crippen LogP contribution >= 0.6 is 0 Å². The fraction of sp³-hybridized carbons (Fsp3) is 0.118. The van der Waals surface area contributed by atoms with Gasteiger partial charge in [0.25, 0.3) is 0 Å². The molecule has 0 unspecified atom stereocenters. The Kier molecular flexibility index (Phi) is 2.60. The summed E-state index contributed by atoms with van der Waals surface area (Å²) in [6.07, 6.45) is 6.22.